The molecule has 19 heavy (non-hydrogen) atoms. The molecular formula is C16H16O3. The van der Waals surface area contributed by atoms with Crippen LogP contribution < -0.4 is 0 Å². The largest absolute Gasteiger partial charge is 0.385 e. The zero-order valence-corrected chi connectivity index (χ0v) is 11.0. The predicted octanol–water partition coefficient (Wildman–Crippen LogP) is 2.00. The van der Waals surface area contributed by atoms with Crippen LogP contribution in [-0.2, 0) is 16.0 Å². The van der Waals surface area contributed by atoms with Crippen LogP contribution in [0.25, 0.3) is 0 Å². The maximum atomic E-state index is 11.9. The van der Waals surface area contributed by atoms with Crippen molar-refractivity contribution in [1.82, 2.24) is 0 Å². The summed E-state index contributed by atoms with van der Waals surface area (Å²) in [5.41, 5.74) is 0.141. The van der Waals surface area contributed by atoms with Gasteiger partial charge in [0.1, 0.15) is 0 Å². The van der Waals surface area contributed by atoms with E-state index < -0.39 is 5.60 Å². The number of aliphatic hydroxyl groups is 1. The smallest absolute Gasteiger partial charge is 0.185 e. The van der Waals surface area contributed by atoms with Crippen LogP contribution in [0.15, 0.2) is 53.6 Å². The van der Waals surface area contributed by atoms with E-state index in [1.807, 2.05) is 30.3 Å². The molecule has 0 saturated carbocycles. The molecule has 3 heteroatoms. The highest BCUT2D eigenvalue weighted by atomic mass is 16.3. The Balaban J connectivity index is 2.28. The quantitative estimate of drug-likeness (QED) is 0.842. The van der Waals surface area contributed by atoms with Crippen molar-refractivity contribution in [1.29, 1.82) is 0 Å². The van der Waals surface area contributed by atoms with E-state index in [2.05, 4.69) is 0 Å². The molecule has 98 valence electrons. The highest BCUT2D eigenvalue weighted by Crippen LogP contribution is 2.26. The molecule has 0 heterocycles. The van der Waals surface area contributed by atoms with Crippen molar-refractivity contribution < 1.29 is 14.7 Å². The normalized spacial score (nSPS) is 18.7. The van der Waals surface area contributed by atoms with E-state index in [0.29, 0.717) is 12.0 Å². The van der Waals surface area contributed by atoms with Crippen LogP contribution in [0.3, 0.4) is 0 Å². The maximum Gasteiger partial charge on any atom is 0.185 e. The van der Waals surface area contributed by atoms with Gasteiger partial charge in [-0.2, -0.15) is 0 Å². The molecule has 3 nitrogen and oxygen atoms in total. The Hall–Kier alpha value is -2.00. The van der Waals surface area contributed by atoms with E-state index >= 15 is 0 Å². The third kappa shape index (κ3) is 2.88. The van der Waals surface area contributed by atoms with Crippen molar-refractivity contribution in [2.75, 3.05) is 0 Å². The van der Waals surface area contributed by atoms with Gasteiger partial charge in [-0.25, -0.2) is 0 Å². The molecule has 1 aromatic rings. The first-order valence-electron chi connectivity index (χ1n) is 6.15. The van der Waals surface area contributed by atoms with E-state index in [4.69, 9.17) is 0 Å². The van der Waals surface area contributed by atoms with Gasteiger partial charge in [-0.15, -0.1) is 0 Å². The van der Waals surface area contributed by atoms with Gasteiger partial charge in [0.15, 0.2) is 11.6 Å². The first-order chi connectivity index (χ1) is 8.90. The van der Waals surface area contributed by atoms with E-state index in [1.165, 1.54) is 12.2 Å². The summed E-state index contributed by atoms with van der Waals surface area (Å²) in [4.78, 5) is 23.6. The summed E-state index contributed by atoms with van der Waals surface area (Å²) in [6.07, 6.45) is 2.84. The number of allylic oxidation sites excluding steroid dienone is 3. The van der Waals surface area contributed by atoms with Crippen LogP contribution in [0.4, 0.5) is 0 Å². The minimum atomic E-state index is -1.34. The standard InChI is InChI=1S/C16H16O3/c1-11-8-15(18)13(9-14(11)17)16(2,19)10-12-6-4-3-5-7-12/h3-9,19H,10H2,1-2H3. The molecule has 0 aliphatic heterocycles. The van der Waals surface area contributed by atoms with Gasteiger partial charge in [0.25, 0.3) is 0 Å². The van der Waals surface area contributed by atoms with Crippen molar-refractivity contribution in [3.05, 3.63) is 59.2 Å². The molecule has 2 rings (SSSR count). The molecule has 0 bridgehead atoms. The van der Waals surface area contributed by atoms with E-state index in [0.717, 1.165) is 5.56 Å². The molecule has 1 aromatic carbocycles. The Morgan fingerprint density at radius 1 is 1.05 bits per heavy atom. The lowest BCUT2D eigenvalue weighted by atomic mass is 9.82. The Morgan fingerprint density at radius 3 is 2.32 bits per heavy atom. The van der Waals surface area contributed by atoms with Gasteiger partial charge in [0, 0.05) is 17.6 Å². The summed E-state index contributed by atoms with van der Waals surface area (Å²) in [5.74, 6) is -0.513. The topological polar surface area (TPSA) is 54.4 Å². The van der Waals surface area contributed by atoms with Gasteiger partial charge < -0.3 is 5.11 Å². The zero-order valence-electron chi connectivity index (χ0n) is 11.0. The lowest BCUT2D eigenvalue weighted by Gasteiger charge is -2.26. The van der Waals surface area contributed by atoms with Crippen molar-refractivity contribution in [3.8, 4) is 0 Å². The number of hydrogen-bond donors (Lipinski definition) is 1. The second kappa shape index (κ2) is 4.94. The van der Waals surface area contributed by atoms with Gasteiger partial charge >= 0.3 is 0 Å². The molecular weight excluding hydrogens is 240 g/mol. The van der Waals surface area contributed by atoms with Crippen LogP contribution in [0, 0.1) is 0 Å². The van der Waals surface area contributed by atoms with Gasteiger partial charge in [-0.3, -0.25) is 9.59 Å². The van der Waals surface area contributed by atoms with Gasteiger partial charge in [0.2, 0.25) is 0 Å². The minimum absolute atomic E-state index is 0.159. The van der Waals surface area contributed by atoms with Gasteiger partial charge in [0.05, 0.1) is 5.60 Å². The van der Waals surface area contributed by atoms with E-state index in [1.54, 1.807) is 13.8 Å². The average molecular weight is 256 g/mol. The van der Waals surface area contributed by atoms with Gasteiger partial charge in [-0.05, 0) is 31.6 Å². The summed E-state index contributed by atoms with van der Waals surface area (Å²) in [6.45, 7) is 3.16. The van der Waals surface area contributed by atoms with Crippen LogP contribution >= 0.6 is 0 Å². The molecule has 0 aromatic heterocycles. The van der Waals surface area contributed by atoms with E-state index in [-0.39, 0.29) is 17.1 Å². The predicted molar refractivity (Wildman–Crippen MR) is 72.6 cm³/mol. The molecule has 0 spiro atoms. The van der Waals surface area contributed by atoms with Crippen LogP contribution in [0.2, 0.25) is 0 Å². The maximum absolute atomic E-state index is 11.9. The fourth-order valence-corrected chi connectivity index (χ4v) is 2.17. The highest BCUT2D eigenvalue weighted by Gasteiger charge is 2.33. The van der Waals surface area contributed by atoms with Crippen molar-refractivity contribution >= 4 is 11.6 Å². The van der Waals surface area contributed by atoms with Crippen LogP contribution in [-0.4, -0.2) is 22.3 Å². The third-order valence-electron chi connectivity index (χ3n) is 3.25. The number of rotatable bonds is 3. The number of ketones is 2. The second-order valence-electron chi connectivity index (χ2n) is 5.05. The van der Waals surface area contributed by atoms with Gasteiger partial charge in [-0.1, -0.05) is 30.3 Å². The van der Waals surface area contributed by atoms with Crippen LogP contribution in [0.1, 0.15) is 19.4 Å². The summed E-state index contributed by atoms with van der Waals surface area (Å²) in [6, 6.07) is 9.39. The number of benzene rings is 1. The lowest BCUT2D eigenvalue weighted by molar-refractivity contribution is -0.116. The molecule has 1 N–H and O–H groups in total. The molecule has 1 aliphatic carbocycles. The van der Waals surface area contributed by atoms with Crippen molar-refractivity contribution in [2.24, 2.45) is 0 Å². The fraction of sp³-hybridized carbons (Fsp3) is 0.250. The Labute approximate surface area is 112 Å². The molecule has 0 radical (unpaired) electrons. The molecule has 1 atom stereocenters. The fourth-order valence-electron chi connectivity index (χ4n) is 2.17. The number of carbonyl (C=O) groups excluding carboxylic acids is 2. The average Bonchev–Trinajstić information content (AvgIpc) is 2.34. The first kappa shape index (κ1) is 13.4. The number of carbonyl (C=O) groups is 2. The SMILES string of the molecule is CC1=CC(=O)C(C(C)(O)Cc2ccccc2)=CC1=O. The lowest BCUT2D eigenvalue weighted by Crippen LogP contribution is -2.35. The summed E-state index contributed by atoms with van der Waals surface area (Å²) >= 11 is 0. The second-order valence-corrected chi connectivity index (χ2v) is 5.05. The Kier molecular flexibility index (Phi) is 3.49. The Morgan fingerprint density at radius 2 is 1.68 bits per heavy atom. The summed E-state index contributed by atoms with van der Waals surface area (Å²) in [7, 11) is 0. The molecule has 1 unspecified atom stereocenters. The van der Waals surface area contributed by atoms with Crippen LogP contribution in [0.5, 0.6) is 0 Å². The molecule has 0 fully saturated rings. The minimum Gasteiger partial charge on any atom is -0.385 e. The number of hydrogen-bond acceptors (Lipinski definition) is 3. The highest BCUT2D eigenvalue weighted by molar-refractivity contribution is 6.20. The summed E-state index contributed by atoms with van der Waals surface area (Å²) in [5, 5.41) is 10.5. The molecule has 0 amide bonds. The molecule has 1 aliphatic rings. The van der Waals surface area contributed by atoms with E-state index in [9.17, 15) is 14.7 Å². The summed E-state index contributed by atoms with van der Waals surface area (Å²) < 4.78 is 0. The monoisotopic (exact) mass is 256 g/mol. The molecule has 0 saturated heterocycles. The third-order valence-corrected chi connectivity index (χ3v) is 3.25. The first-order valence-corrected chi connectivity index (χ1v) is 6.15. The zero-order chi connectivity index (χ0) is 14.0. The Bertz CT molecular complexity index is 577. The van der Waals surface area contributed by atoms with Crippen molar-refractivity contribution in [3.63, 3.8) is 0 Å². The van der Waals surface area contributed by atoms with Crippen molar-refractivity contribution in [2.45, 2.75) is 25.9 Å².